The van der Waals surface area contributed by atoms with Crippen LogP contribution in [0.2, 0.25) is 5.02 Å². The Morgan fingerprint density at radius 2 is 2.00 bits per heavy atom. The topological polar surface area (TPSA) is 63.4 Å². The third-order valence-corrected chi connectivity index (χ3v) is 5.29. The predicted octanol–water partition coefficient (Wildman–Crippen LogP) is 2.86. The molecule has 0 aliphatic rings. The molecule has 7 heteroatoms. The zero-order valence-corrected chi connectivity index (χ0v) is 14.1. The van der Waals surface area contributed by atoms with Crippen LogP contribution < -0.4 is 5.73 Å². The van der Waals surface area contributed by atoms with Crippen molar-refractivity contribution in [3.63, 3.8) is 0 Å². The highest BCUT2D eigenvalue weighted by atomic mass is 35.5. The molecule has 0 unspecified atom stereocenters. The summed E-state index contributed by atoms with van der Waals surface area (Å²) in [5, 5.41) is -0.203. The van der Waals surface area contributed by atoms with E-state index in [1.165, 1.54) is 10.4 Å². The molecule has 0 saturated carbocycles. The molecule has 1 aromatic carbocycles. The van der Waals surface area contributed by atoms with Crippen LogP contribution in [0.3, 0.4) is 0 Å². The van der Waals surface area contributed by atoms with E-state index < -0.39 is 15.8 Å². The molecule has 0 aromatic heterocycles. The molecule has 0 heterocycles. The number of rotatable bonds is 7. The van der Waals surface area contributed by atoms with Crippen LogP contribution in [0.5, 0.6) is 0 Å². The van der Waals surface area contributed by atoms with Crippen LogP contribution in [0.15, 0.2) is 23.1 Å². The average molecular weight is 337 g/mol. The first kappa shape index (κ1) is 18.4. The lowest BCUT2D eigenvalue weighted by Crippen LogP contribution is -2.42. The second-order valence-electron chi connectivity index (χ2n) is 5.78. The predicted molar refractivity (Wildman–Crippen MR) is 83.3 cm³/mol. The Balaban J connectivity index is 3.18. The van der Waals surface area contributed by atoms with Gasteiger partial charge in [-0.25, -0.2) is 12.8 Å². The molecule has 0 fully saturated rings. The van der Waals surface area contributed by atoms with Crippen molar-refractivity contribution in [3.05, 3.63) is 29.0 Å². The van der Waals surface area contributed by atoms with E-state index in [2.05, 4.69) is 0 Å². The summed E-state index contributed by atoms with van der Waals surface area (Å²) in [6.07, 6.45) is 0.675. The van der Waals surface area contributed by atoms with Gasteiger partial charge in [-0.1, -0.05) is 32.4 Å². The number of halogens is 2. The van der Waals surface area contributed by atoms with E-state index in [1.807, 2.05) is 20.8 Å². The van der Waals surface area contributed by atoms with Gasteiger partial charge in [-0.2, -0.15) is 4.31 Å². The van der Waals surface area contributed by atoms with Crippen molar-refractivity contribution in [2.24, 2.45) is 11.1 Å². The van der Waals surface area contributed by atoms with Crippen molar-refractivity contribution in [1.29, 1.82) is 0 Å². The van der Waals surface area contributed by atoms with E-state index in [4.69, 9.17) is 17.3 Å². The van der Waals surface area contributed by atoms with Gasteiger partial charge in [0.2, 0.25) is 10.0 Å². The first-order chi connectivity index (χ1) is 9.64. The van der Waals surface area contributed by atoms with Crippen LogP contribution in [0.25, 0.3) is 0 Å². The Morgan fingerprint density at radius 1 is 1.38 bits per heavy atom. The van der Waals surface area contributed by atoms with Gasteiger partial charge in [-0.3, -0.25) is 0 Å². The molecule has 21 heavy (non-hydrogen) atoms. The van der Waals surface area contributed by atoms with E-state index in [-0.39, 0.29) is 15.3 Å². The summed E-state index contributed by atoms with van der Waals surface area (Å²) >= 11 is 5.68. The Labute approximate surface area is 131 Å². The van der Waals surface area contributed by atoms with Gasteiger partial charge in [-0.15, -0.1) is 0 Å². The third kappa shape index (κ3) is 4.64. The largest absolute Gasteiger partial charge is 0.330 e. The van der Waals surface area contributed by atoms with Crippen LogP contribution >= 0.6 is 11.6 Å². The van der Waals surface area contributed by atoms with E-state index in [0.717, 1.165) is 12.1 Å². The molecule has 0 bridgehead atoms. The summed E-state index contributed by atoms with van der Waals surface area (Å²) in [7, 11) is -3.72. The van der Waals surface area contributed by atoms with Crippen LogP contribution in [-0.2, 0) is 10.0 Å². The highest BCUT2D eigenvalue weighted by molar-refractivity contribution is 7.89. The van der Waals surface area contributed by atoms with Gasteiger partial charge in [0, 0.05) is 13.1 Å². The molecule has 2 N–H and O–H groups in total. The van der Waals surface area contributed by atoms with E-state index in [0.29, 0.717) is 26.1 Å². The minimum atomic E-state index is -3.72. The summed E-state index contributed by atoms with van der Waals surface area (Å²) in [4.78, 5) is -0.00447. The molecule has 0 saturated heterocycles. The molecule has 0 atom stereocenters. The third-order valence-electron chi connectivity index (χ3n) is 3.16. The zero-order valence-electron chi connectivity index (χ0n) is 12.6. The lowest BCUT2D eigenvalue weighted by molar-refractivity contribution is 0.266. The van der Waals surface area contributed by atoms with Crippen LogP contribution in [-0.4, -0.2) is 32.4 Å². The molecule has 0 radical (unpaired) electrons. The maximum absolute atomic E-state index is 13.2. The number of nitrogens with two attached hydrogens (primary N) is 1. The molecule has 0 spiro atoms. The number of nitrogens with zero attached hydrogens (tertiary/aromatic N) is 1. The summed E-state index contributed by atoms with van der Waals surface area (Å²) in [6, 6.07) is 3.44. The smallest absolute Gasteiger partial charge is 0.243 e. The summed E-state index contributed by atoms with van der Waals surface area (Å²) < 4.78 is 40.0. The fourth-order valence-corrected chi connectivity index (χ4v) is 3.85. The quantitative estimate of drug-likeness (QED) is 0.832. The van der Waals surface area contributed by atoms with Crippen LogP contribution in [0.4, 0.5) is 4.39 Å². The fraction of sp³-hybridized carbons (Fsp3) is 0.571. The second kappa shape index (κ2) is 7.05. The van der Waals surface area contributed by atoms with Gasteiger partial charge in [0.25, 0.3) is 0 Å². The zero-order chi connectivity index (χ0) is 16.3. The van der Waals surface area contributed by atoms with Crippen molar-refractivity contribution in [3.8, 4) is 0 Å². The van der Waals surface area contributed by atoms with Gasteiger partial charge in [0.1, 0.15) is 5.82 Å². The summed E-state index contributed by atoms with van der Waals surface area (Å²) in [5.41, 5.74) is 5.34. The van der Waals surface area contributed by atoms with Gasteiger partial charge in [0.05, 0.1) is 9.92 Å². The molecule has 1 rings (SSSR count). The molecule has 0 aliphatic heterocycles. The number of sulfonamides is 1. The fourth-order valence-electron chi connectivity index (χ4n) is 1.86. The van der Waals surface area contributed by atoms with Crippen LogP contribution in [0, 0.1) is 11.2 Å². The monoisotopic (exact) mass is 336 g/mol. The molecule has 0 amide bonds. The maximum atomic E-state index is 13.2. The van der Waals surface area contributed by atoms with Crippen LogP contribution in [0.1, 0.15) is 27.2 Å². The minimum Gasteiger partial charge on any atom is -0.330 e. The van der Waals surface area contributed by atoms with E-state index in [1.54, 1.807) is 0 Å². The van der Waals surface area contributed by atoms with Crippen molar-refractivity contribution >= 4 is 21.6 Å². The van der Waals surface area contributed by atoms with Gasteiger partial charge >= 0.3 is 0 Å². The van der Waals surface area contributed by atoms with E-state index in [9.17, 15) is 12.8 Å². The highest BCUT2D eigenvalue weighted by Crippen LogP contribution is 2.25. The lowest BCUT2D eigenvalue weighted by Gasteiger charge is -2.31. The maximum Gasteiger partial charge on any atom is 0.243 e. The van der Waals surface area contributed by atoms with Crippen molar-refractivity contribution in [1.82, 2.24) is 4.31 Å². The first-order valence-electron chi connectivity index (χ1n) is 6.79. The Bertz CT molecular complexity index is 591. The molecule has 120 valence electrons. The summed E-state index contributed by atoms with van der Waals surface area (Å²) in [5.74, 6) is -0.639. The number of hydrogen-bond acceptors (Lipinski definition) is 3. The molecular formula is C14H22ClFN2O2S. The Kier molecular flexibility index (Phi) is 6.16. The molecular weight excluding hydrogens is 315 g/mol. The molecule has 0 aliphatic carbocycles. The van der Waals surface area contributed by atoms with Gasteiger partial charge in [0.15, 0.2) is 0 Å². The summed E-state index contributed by atoms with van der Waals surface area (Å²) in [6.45, 7) is 6.75. The molecule has 4 nitrogen and oxygen atoms in total. The van der Waals surface area contributed by atoms with Gasteiger partial charge < -0.3 is 5.73 Å². The minimum absolute atomic E-state index is 0.00447. The van der Waals surface area contributed by atoms with E-state index >= 15 is 0 Å². The van der Waals surface area contributed by atoms with Crippen molar-refractivity contribution in [2.75, 3.05) is 19.6 Å². The first-order valence-corrected chi connectivity index (χ1v) is 8.61. The normalized spacial score (nSPS) is 12.9. The second-order valence-corrected chi connectivity index (χ2v) is 8.13. The highest BCUT2D eigenvalue weighted by Gasteiger charge is 2.30. The number of hydrogen-bond donors (Lipinski definition) is 1. The SMILES string of the molecule is CCCN(CC(C)(C)CN)S(=O)(=O)c1ccc(F)c(Cl)c1. The van der Waals surface area contributed by atoms with Crippen molar-refractivity contribution < 1.29 is 12.8 Å². The van der Waals surface area contributed by atoms with Gasteiger partial charge in [-0.05, 0) is 36.6 Å². The standard InChI is InChI=1S/C14H22ClFN2O2S/c1-4-7-18(10-14(2,3)9-17)21(19,20)11-5-6-13(16)12(15)8-11/h5-6,8H,4,7,9-10,17H2,1-3H3. The molecule has 1 aromatic rings. The van der Waals surface area contributed by atoms with Crippen molar-refractivity contribution in [2.45, 2.75) is 32.1 Å². The lowest BCUT2D eigenvalue weighted by atomic mass is 9.94. The Morgan fingerprint density at radius 3 is 2.48 bits per heavy atom. The Hall–Kier alpha value is -0.690. The number of benzene rings is 1. The average Bonchev–Trinajstić information content (AvgIpc) is 2.41.